The normalized spacial score (nSPS) is 18.5. The minimum Gasteiger partial charge on any atom is -0.484 e. The molecule has 2 aromatic carbocycles. The van der Waals surface area contributed by atoms with Gasteiger partial charge in [0.05, 0.1) is 0 Å². The molecule has 1 heterocycles. The van der Waals surface area contributed by atoms with Gasteiger partial charge in [-0.25, -0.2) is 0 Å². The average molecular weight is 338 g/mol. The second-order valence-electron chi connectivity index (χ2n) is 7.30. The van der Waals surface area contributed by atoms with E-state index in [-0.39, 0.29) is 12.5 Å². The van der Waals surface area contributed by atoms with Gasteiger partial charge in [0.1, 0.15) is 5.75 Å². The van der Waals surface area contributed by atoms with E-state index in [0.29, 0.717) is 6.04 Å². The van der Waals surface area contributed by atoms with E-state index < -0.39 is 0 Å². The van der Waals surface area contributed by atoms with Gasteiger partial charge in [-0.05, 0) is 61.1 Å². The van der Waals surface area contributed by atoms with Gasteiger partial charge in [0, 0.05) is 19.1 Å². The van der Waals surface area contributed by atoms with Gasteiger partial charge < -0.3 is 15.0 Å². The van der Waals surface area contributed by atoms with Gasteiger partial charge in [0.2, 0.25) is 0 Å². The van der Waals surface area contributed by atoms with Crippen molar-refractivity contribution in [3.63, 3.8) is 0 Å². The largest absolute Gasteiger partial charge is 0.484 e. The summed E-state index contributed by atoms with van der Waals surface area (Å²) in [6.45, 7) is 2.95. The zero-order chi connectivity index (χ0) is 17.1. The Bertz CT molecular complexity index is 734. The van der Waals surface area contributed by atoms with Gasteiger partial charge in [0.15, 0.2) is 6.61 Å². The number of carbonyl (C=O) groups excluding carboxylic acids is 1. The van der Waals surface area contributed by atoms with E-state index >= 15 is 0 Å². The molecule has 1 amide bonds. The number of hydrogen-bond donors (Lipinski definition) is 1. The van der Waals surface area contributed by atoms with Crippen LogP contribution in [0.4, 0.5) is 0 Å². The number of ether oxygens (including phenoxy) is 1. The third-order valence-electron chi connectivity index (χ3n) is 5.32. The predicted octanol–water partition coefficient (Wildman–Crippen LogP) is 3.21. The SMILES string of the molecule is O=C(COc1ccc2ccccc2c1)N1CCC(NCC2CC2)CC1. The van der Waals surface area contributed by atoms with Crippen LogP contribution in [0, 0.1) is 5.92 Å². The van der Waals surface area contributed by atoms with E-state index in [1.54, 1.807) is 0 Å². The third kappa shape index (κ3) is 4.31. The predicted molar refractivity (Wildman–Crippen MR) is 99.8 cm³/mol. The van der Waals surface area contributed by atoms with Crippen molar-refractivity contribution >= 4 is 16.7 Å². The first-order valence-corrected chi connectivity index (χ1v) is 9.41. The van der Waals surface area contributed by atoms with Crippen molar-refractivity contribution < 1.29 is 9.53 Å². The van der Waals surface area contributed by atoms with E-state index in [1.165, 1.54) is 18.2 Å². The van der Waals surface area contributed by atoms with E-state index in [4.69, 9.17) is 4.74 Å². The molecule has 4 heteroatoms. The van der Waals surface area contributed by atoms with Crippen LogP contribution in [0.15, 0.2) is 42.5 Å². The highest BCUT2D eigenvalue weighted by molar-refractivity contribution is 5.84. The van der Waals surface area contributed by atoms with Crippen molar-refractivity contribution in [2.75, 3.05) is 26.2 Å². The summed E-state index contributed by atoms with van der Waals surface area (Å²) in [6.07, 6.45) is 4.87. The maximum Gasteiger partial charge on any atom is 0.260 e. The van der Waals surface area contributed by atoms with Crippen LogP contribution in [0.3, 0.4) is 0 Å². The maximum absolute atomic E-state index is 12.4. The Balaban J connectivity index is 1.24. The molecule has 0 unspecified atom stereocenters. The zero-order valence-electron chi connectivity index (χ0n) is 14.6. The number of benzene rings is 2. The van der Waals surface area contributed by atoms with Crippen LogP contribution in [-0.4, -0.2) is 43.1 Å². The summed E-state index contributed by atoms with van der Waals surface area (Å²) in [5.74, 6) is 1.76. The third-order valence-corrected chi connectivity index (χ3v) is 5.32. The Morgan fingerprint density at radius 2 is 1.80 bits per heavy atom. The molecular formula is C21H26N2O2. The first-order chi connectivity index (χ1) is 12.3. The summed E-state index contributed by atoms with van der Waals surface area (Å²) in [6, 6.07) is 14.7. The highest BCUT2D eigenvalue weighted by atomic mass is 16.5. The Labute approximate surface area is 149 Å². The number of rotatable bonds is 6. The van der Waals surface area contributed by atoms with Crippen LogP contribution >= 0.6 is 0 Å². The second-order valence-corrected chi connectivity index (χ2v) is 7.30. The van der Waals surface area contributed by atoms with E-state index in [0.717, 1.165) is 49.5 Å². The lowest BCUT2D eigenvalue weighted by Gasteiger charge is -2.32. The van der Waals surface area contributed by atoms with Gasteiger partial charge in [-0.2, -0.15) is 0 Å². The molecular weight excluding hydrogens is 312 g/mol. The minimum absolute atomic E-state index is 0.0915. The molecule has 1 saturated carbocycles. The molecule has 1 N–H and O–H groups in total. The Morgan fingerprint density at radius 3 is 2.56 bits per heavy atom. The molecule has 1 aliphatic heterocycles. The van der Waals surface area contributed by atoms with E-state index in [1.807, 2.05) is 35.2 Å². The van der Waals surface area contributed by atoms with Crippen LogP contribution in [-0.2, 0) is 4.79 Å². The molecule has 2 aliphatic rings. The fourth-order valence-electron chi connectivity index (χ4n) is 3.48. The molecule has 0 aromatic heterocycles. The Hall–Kier alpha value is -2.07. The number of nitrogens with zero attached hydrogens (tertiary/aromatic N) is 1. The second kappa shape index (κ2) is 7.44. The Kier molecular flexibility index (Phi) is 4.88. The van der Waals surface area contributed by atoms with E-state index in [2.05, 4.69) is 17.4 Å². The summed E-state index contributed by atoms with van der Waals surface area (Å²) < 4.78 is 5.74. The molecule has 0 spiro atoms. The number of carbonyl (C=O) groups is 1. The van der Waals surface area contributed by atoms with Gasteiger partial charge in [0.25, 0.3) is 5.91 Å². The molecule has 0 radical (unpaired) electrons. The first-order valence-electron chi connectivity index (χ1n) is 9.41. The summed E-state index contributed by atoms with van der Waals surface area (Å²) in [5, 5.41) is 5.97. The monoisotopic (exact) mass is 338 g/mol. The van der Waals surface area contributed by atoms with Gasteiger partial charge >= 0.3 is 0 Å². The van der Waals surface area contributed by atoms with Crippen molar-refractivity contribution in [3.8, 4) is 5.75 Å². The lowest BCUT2D eigenvalue weighted by Crippen LogP contribution is -2.46. The smallest absolute Gasteiger partial charge is 0.260 e. The molecule has 132 valence electrons. The molecule has 4 nitrogen and oxygen atoms in total. The molecule has 25 heavy (non-hydrogen) atoms. The lowest BCUT2D eigenvalue weighted by atomic mass is 10.0. The van der Waals surface area contributed by atoms with E-state index in [9.17, 15) is 4.79 Å². The molecule has 2 fully saturated rings. The summed E-state index contributed by atoms with van der Waals surface area (Å²) >= 11 is 0. The number of likely N-dealkylation sites (tertiary alicyclic amines) is 1. The Morgan fingerprint density at radius 1 is 1.04 bits per heavy atom. The first kappa shape index (κ1) is 16.4. The van der Waals surface area contributed by atoms with Gasteiger partial charge in [-0.1, -0.05) is 30.3 Å². The fourth-order valence-corrected chi connectivity index (χ4v) is 3.48. The number of piperidine rings is 1. The number of amides is 1. The highest BCUT2D eigenvalue weighted by Crippen LogP contribution is 2.28. The van der Waals surface area contributed by atoms with Crippen molar-refractivity contribution in [1.82, 2.24) is 10.2 Å². The van der Waals surface area contributed by atoms with Crippen molar-refractivity contribution in [2.24, 2.45) is 5.92 Å². The lowest BCUT2D eigenvalue weighted by molar-refractivity contribution is -0.134. The number of hydrogen-bond acceptors (Lipinski definition) is 3. The van der Waals surface area contributed by atoms with Crippen molar-refractivity contribution in [1.29, 1.82) is 0 Å². The molecule has 0 bridgehead atoms. The van der Waals surface area contributed by atoms with Crippen LogP contribution < -0.4 is 10.1 Å². The van der Waals surface area contributed by atoms with Crippen LogP contribution in [0.2, 0.25) is 0 Å². The van der Waals surface area contributed by atoms with Crippen LogP contribution in [0.1, 0.15) is 25.7 Å². The molecule has 4 rings (SSSR count). The van der Waals surface area contributed by atoms with Crippen molar-refractivity contribution in [3.05, 3.63) is 42.5 Å². The van der Waals surface area contributed by atoms with Crippen molar-refractivity contribution in [2.45, 2.75) is 31.7 Å². The topological polar surface area (TPSA) is 41.6 Å². The zero-order valence-corrected chi connectivity index (χ0v) is 14.6. The highest BCUT2D eigenvalue weighted by Gasteiger charge is 2.26. The van der Waals surface area contributed by atoms with Gasteiger partial charge in [-0.15, -0.1) is 0 Å². The van der Waals surface area contributed by atoms with Gasteiger partial charge in [-0.3, -0.25) is 4.79 Å². The molecule has 2 aromatic rings. The summed E-state index contributed by atoms with van der Waals surface area (Å²) in [4.78, 5) is 14.3. The molecule has 0 atom stereocenters. The maximum atomic E-state index is 12.4. The average Bonchev–Trinajstić information content (AvgIpc) is 3.49. The summed E-state index contributed by atoms with van der Waals surface area (Å²) in [7, 11) is 0. The number of fused-ring (bicyclic) bond motifs is 1. The molecule has 1 saturated heterocycles. The minimum atomic E-state index is 0.0915. The quantitative estimate of drug-likeness (QED) is 0.879. The standard InChI is InChI=1S/C21H26N2O2/c24-21(23-11-9-19(10-12-23)22-14-16-5-6-16)15-25-20-8-7-17-3-1-2-4-18(17)13-20/h1-4,7-8,13,16,19,22H,5-6,9-12,14-15H2. The summed E-state index contributed by atoms with van der Waals surface area (Å²) in [5.41, 5.74) is 0. The van der Waals surface area contributed by atoms with Crippen LogP contribution in [0.25, 0.3) is 10.8 Å². The van der Waals surface area contributed by atoms with Crippen LogP contribution in [0.5, 0.6) is 5.75 Å². The fraction of sp³-hybridized carbons (Fsp3) is 0.476. The molecule has 1 aliphatic carbocycles. The number of nitrogens with one attached hydrogen (secondary N) is 1.